The van der Waals surface area contributed by atoms with Gasteiger partial charge in [0.05, 0.1) is 9.88 Å². The Labute approximate surface area is 180 Å². The van der Waals surface area contributed by atoms with Gasteiger partial charge in [0.1, 0.15) is 0 Å². The Morgan fingerprint density at radius 1 is 1.28 bits per heavy atom. The summed E-state index contributed by atoms with van der Waals surface area (Å²) < 4.78 is 0. The standard InChI is InChI=1S/C22H38N4O2S/c1-8-25-11-9-10-17(25)15-26(13-12-24(6)7)20(27)19-16(2)14-18(29-19)23-21(28)22(3,4)5/h14,17H,8-13,15H2,1-7H3,(H,23,28). The molecule has 1 aliphatic rings. The zero-order valence-corrected chi connectivity index (χ0v) is 20.0. The van der Waals surface area contributed by atoms with Gasteiger partial charge >= 0.3 is 0 Å². The van der Waals surface area contributed by atoms with Crippen LogP contribution in [0.25, 0.3) is 0 Å². The average molecular weight is 423 g/mol. The van der Waals surface area contributed by atoms with Crippen LogP contribution in [-0.4, -0.2) is 79.4 Å². The van der Waals surface area contributed by atoms with Crippen LogP contribution in [0.15, 0.2) is 6.07 Å². The number of carbonyl (C=O) groups excluding carboxylic acids is 2. The van der Waals surface area contributed by atoms with Gasteiger partial charge in [-0.05, 0) is 58.6 Å². The minimum atomic E-state index is -0.466. The lowest BCUT2D eigenvalue weighted by molar-refractivity contribution is -0.123. The summed E-state index contributed by atoms with van der Waals surface area (Å²) in [6.07, 6.45) is 2.35. The normalized spacial score (nSPS) is 17.7. The van der Waals surface area contributed by atoms with E-state index in [-0.39, 0.29) is 11.8 Å². The number of nitrogens with zero attached hydrogens (tertiary/aromatic N) is 3. The average Bonchev–Trinajstić information content (AvgIpc) is 3.22. The maximum Gasteiger partial charge on any atom is 0.264 e. The molecule has 0 radical (unpaired) electrons. The number of aryl methyl sites for hydroxylation is 1. The molecule has 1 aliphatic heterocycles. The first-order valence-corrected chi connectivity index (χ1v) is 11.4. The van der Waals surface area contributed by atoms with Crippen molar-refractivity contribution in [3.05, 3.63) is 16.5 Å². The maximum atomic E-state index is 13.4. The van der Waals surface area contributed by atoms with Crippen molar-refractivity contribution in [2.75, 3.05) is 52.1 Å². The lowest BCUT2D eigenvalue weighted by Crippen LogP contribution is -2.45. The highest BCUT2D eigenvalue weighted by atomic mass is 32.1. The zero-order chi connectivity index (χ0) is 21.8. The van der Waals surface area contributed by atoms with Crippen LogP contribution < -0.4 is 5.32 Å². The van der Waals surface area contributed by atoms with Gasteiger partial charge in [-0.25, -0.2) is 0 Å². The Balaban J connectivity index is 2.18. The van der Waals surface area contributed by atoms with Crippen LogP contribution in [0.4, 0.5) is 5.00 Å². The molecule has 2 rings (SSSR count). The van der Waals surface area contributed by atoms with E-state index in [9.17, 15) is 9.59 Å². The van der Waals surface area contributed by atoms with E-state index in [1.165, 1.54) is 17.8 Å². The Kier molecular flexibility index (Phi) is 8.26. The summed E-state index contributed by atoms with van der Waals surface area (Å²) >= 11 is 1.39. The van der Waals surface area contributed by atoms with Crippen molar-refractivity contribution in [3.8, 4) is 0 Å². The van der Waals surface area contributed by atoms with E-state index in [1.54, 1.807) is 0 Å². The van der Waals surface area contributed by atoms with E-state index in [0.717, 1.165) is 48.0 Å². The van der Waals surface area contributed by atoms with E-state index < -0.39 is 5.41 Å². The molecule has 164 valence electrons. The topological polar surface area (TPSA) is 55.9 Å². The maximum absolute atomic E-state index is 13.4. The third-order valence-electron chi connectivity index (χ3n) is 5.47. The molecular formula is C22H38N4O2S. The van der Waals surface area contributed by atoms with Crippen molar-refractivity contribution in [1.82, 2.24) is 14.7 Å². The zero-order valence-electron chi connectivity index (χ0n) is 19.2. The molecule has 2 amide bonds. The molecule has 0 spiro atoms. The summed E-state index contributed by atoms with van der Waals surface area (Å²) in [5.41, 5.74) is 0.462. The van der Waals surface area contributed by atoms with E-state index in [1.807, 2.05) is 52.8 Å². The summed E-state index contributed by atoms with van der Waals surface area (Å²) in [4.78, 5) is 33.1. The van der Waals surface area contributed by atoms with Crippen molar-refractivity contribution in [1.29, 1.82) is 0 Å². The Morgan fingerprint density at radius 3 is 2.55 bits per heavy atom. The molecule has 29 heavy (non-hydrogen) atoms. The smallest absolute Gasteiger partial charge is 0.264 e. The van der Waals surface area contributed by atoms with Gasteiger partial charge < -0.3 is 15.1 Å². The van der Waals surface area contributed by atoms with E-state index >= 15 is 0 Å². The highest BCUT2D eigenvalue weighted by Crippen LogP contribution is 2.30. The molecule has 1 fully saturated rings. The van der Waals surface area contributed by atoms with Crippen LogP contribution >= 0.6 is 11.3 Å². The van der Waals surface area contributed by atoms with Gasteiger partial charge in [0, 0.05) is 31.1 Å². The predicted octanol–water partition coefficient (Wildman–Crippen LogP) is 3.53. The number of likely N-dealkylation sites (N-methyl/N-ethyl adjacent to an activating group) is 2. The van der Waals surface area contributed by atoms with Crippen molar-refractivity contribution >= 4 is 28.2 Å². The molecular weight excluding hydrogens is 384 g/mol. The molecule has 1 aromatic rings. The Morgan fingerprint density at radius 2 is 1.97 bits per heavy atom. The van der Waals surface area contributed by atoms with E-state index in [0.29, 0.717) is 12.6 Å². The van der Waals surface area contributed by atoms with Crippen LogP contribution in [0.3, 0.4) is 0 Å². The Hall–Kier alpha value is -1.44. The van der Waals surface area contributed by atoms with Crippen molar-refractivity contribution in [2.45, 2.75) is 53.5 Å². The molecule has 7 heteroatoms. The molecule has 1 unspecified atom stereocenters. The Bertz CT molecular complexity index is 708. The molecule has 1 N–H and O–H groups in total. The first-order valence-electron chi connectivity index (χ1n) is 10.6. The highest BCUT2D eigenvalue weighted by Gasteiger charge is 2.29. The van der Waals surface area contributed by atoms with Gasteiger partial charge in [0.15, 0.2) is 0 Å². The number of anilines is 1. The second-order valence-electron chi connectivity index (χ2n) is 9.31. The minimum absolute atomic E-state index is 0.0354. The number of carbonyl (C=O) groups is 2. The molecule has 0 aliphatic carbocycles. The van der Waals surface area contributed by atoms with E-state index in [2.05, 4.69) is 22.0 Å². The fourth-order valence-electron chi connectivity index (χ4n) is 3.57. The van der Waals surface area contributed by atoms with Crippen LogP contribution in [0.5, 0.6) is 0 Å². The number of likely N-dealkylation sites (tertiary alicyclic amines) is 1. The summed E-state index contributed by atoms with van der Waals surface area (Å²) in [5.74, 6) is 0.0420. The summed E-state index contributed by atoms with van der Waals surface area (Å²) in [6, 6.07) is 2.35. The molecule has 1 saturated heterocycles. The van der Waals surface area contributed by atoms with Crippen molar-refractivity contribution in [2.24, 2.45) is 5.41 Å². The van der Waals surface area contributed by atoms with Gasteiger partial charge in [0.25, 0.3) is 5.91 Å². The molecule has 0 aromatic carbocycles. The highest BCUT2D eigenvalue weighted by molar-refractivity contribution is 7.18. The van der Waals surface area contributed by atoms with Gasteiger partial charge in [0.2, 0.25) is 5.91 Å². The van der Waals surface area contributed by atoms with Crippen LogP contribution in [-0.2, 0) is 4.79 Å². The molecule has 0 saturated carbocycles. The fourth-order valence-corrected chi connectivity index (χ4v) is 4.60. The van der Waals surface area contributed by atoms with Gasteiger partial charge in [-0.3, -0.25) is 14.5 Å². The van der Waals surface area contributed by atoms with Crippen molar-refractivity contribution in [3.63, 3.8) is 0 Å². The summed E-state index contributed by atoms with van der Waals surface area (Å²) in [7, 11) is 4.07. The quantitative estimate of drug-likeness (QED) is 0.696. The monoisotopic (exact) mass is 422 g/mol. The molecule has 0 bridgehead atoms. The first-order chi connectivity index (χ1) is 13.5. The molecule has 2 heterocycles. The van der Waals surface area contributed by atoms with Crippen LogP contribution in [0, 0.1) is 12.3 Å². The second-order valence-corrected chi connectivity index (χ2v) is 10.4. The molecule has 6 nitrogen and oxygen atoms in total. The lowest BCUT2D eigenvalue weighted by Gasteiger charge is -2.31. The summed E-state index contributed by atoms with van der Waals surface area (Å²) in [5, 5.41) is 3.71. The lowest BCUT2D eigenvalue weighted by atomic mass is 9.96. The van der Waals surface area contributed by atoms with Gasteiger partial charge in [-0.2, -0.15) is 0 Å². The number of amides is 2. The van der Waals surface area contributed by atoms with E-state index in [4.69, 9.17) is 0 Å². The van der Waals surface area contributed by atoms with Gasteiger partial charge in [-0.15, -0.1) is 11.3 Å². The van der Waals surface area contributed by atoms with Crippen LogP contribution in [0.2, 0.25) is 0 Å². The first kappa shape index (κ1) is 23.8. The number of nitrogens with one attached hydrogen (secondary N) is 1. The largest absolute Gasteiger partial charge is 0.335 e. The third kappa shape index (κ3) is 6.52. The molecule has 1 atom stereocenters. The second kappa shape index (κ2) is 10.0. The predicted molar refractivity (Wildman–Crippen MR) is 122 cm³/mol. The molecule has 1 aromatic heterocycles. The van der Waals surface area contributed by atoms with Crippen molar-refractivity contribution < 1.29 is 9.59 Å². The number of rotatable bonds is 8. The van der Waals surface area contributed by atoms with Crippen LogP contribution in [0.1, 0.15) is 55.8 Å². The number of hydrogen-bond acceptors (Lipinski definition) is 5. The summed E-state index contributed by atoms with van der Waals surface area (Å²) in [6.45, 7) is 14.3. The SMILES string of the molecule is CCN1CCCC1CN(CCN(C)C)C(=O)c1sc(NC(=O)C(C)(C)C)cc1C. The minimum Gasteiger partial charge on any atom is -0.335 e. The third-order valence-corrected chi connectivity index (χ3v) is 6.61. The number of thiophene rings is 1. The fraction of sp³-hybridized carbons (Fsp3) is 0.727. The van der Waals surface area contributed by atoms with Gasteiger partial charge in [-0.1, -0.05) is 27.7 Å². The number of hydrogen-bond donors (Lipinski definition) is 1.